The van der Waals surface area contributed by atoms with Crippen molar-refractivity contribution in [1.82, 2.24) is 0 Å². The fourth-order valence-corrected chi connectivity index (χ4v) is 2.69. The van der Waals surface area contributed by atoms with Crippen molar-refractivity contribution in [2.45, 2.75) is 67.8 Å². The molecular weight excluding hydrogens is 268 g/mol. The van der Waals surface area contributed by atoms with Crippen molar-refractivity contribution in [2.75, 3.05) is 13.2 Å². The van der Waals surface area contributed by atoms with Crippen molar-refractivity contribution in [3.8, 4) is 0 Å². The lowest BCUT2D eigenvalue weighted by Gasteiger charge is -2.48. The normalized spacial score (nSPS) is 26.2. The lowest BCUT2D eigenvalue weighted by Crippen LogP contribution is -2.53. The average Bonchev–Trinajstić information content (AvgIpc) is 2.34. The summed E-state index contributed by atoms with van der Waals surface area (Å²) in [5.74, 6) is 0.122. The molecule has 4 heteroatoms. The quantitative estimate of drug-likeness (QED) is 0.727. The highest BCUT2D eigenvalue weighted by atomic mass is 16.7. The van der Waals surface area contributed by atoms with E-state index < -0.39 is 0 Å². The van der Waals surface area contributed by atoms with Gasteiger partial charge in [-0.05, 0) is 5.92 Å². The van der Waals surface area contributed by atoms with Gasteiger partial charge in [0.1, 0.15) is 6.61 Å². The zero-order valence-corrected chi connectivity index (χ0v) is 14.9. The molecule has 0 aromatic rings. The summed E-state index contributed by atoms with van der Waals surface area (Å²) in [5.41, 5.74) is -0.371. The van der Waals surface area contributed by atoms with E-state index in [9.17, 15) is 4.79 Å². The number of ether oxygens (including phenoxy) is 3. The van der Waals surface area contributed by atoms with Gasteiger partial charge in [-0.2, -0.15) is 0 Å². The van der Waals surface area contributed by atoms with Crippen LogP contribution in [0.4, 0.5) is 0 Å². The summed E-state index contributed by atoms with van der Waals surface area (Å²) < 4.78 is 17.5. The molecule has 0 unspecified atom stereocenters. The largest absolute Gasteiger partial charge is 0.465 e. The first-order valence-corrected chi connectivity index (χ1v) is 7.91. The second kappa shape index (κ2) is 6.66. The Morgan fingerprint density at radius 2 is 1.86 bits per heavy atom. The van der Waals surface area contributed by atoms with Gasteiger partial charge in [0.25, 0.3) is 0 Å². The van der Waals surface area contributed by atoms with Gasteiger partial charge in [-0.15, -0.1) is 0 Å². The van der Waals surface area contributed by atoms with Crippen LogP contribution in [0.1, 0.15) is 55.4 Å². The Morgan fingerprint density at radius 1 is 1.29 bits per heavy atom. The van der Waals surface area contributed by atoms with Crippen LogP contribution in [0.15, 0.2) is 0 Å². The third-order valence-electron chi connectivity index (χ3n) is 3.95. The van der Waals surface area contributed by atoms with Crippen LogP contribution in [0.5, 0.6) is 0 Å². The molecule has 124 valence electrons. The predicted molar refractivity (Wildman–Crippen MR) is 82.8 cm³/mol. The highest BCUT2D eigenvalue weighted by Crippen LogP contribution is 2.39. The molecule has 1 rings (SSSR count). The van der Waals surface area contributed by atoms with Crippen molar-refractivity contribution in [1.29, 1.82) is 0 Å². The van der Waals surface area contributed by atoms with Crippen molar-refractivity contribution < 1.29 is 19.0 Å². The van der Waals surface area contributed by atoms with E-state index >= 15 is 0 Å². The van der Waals surface area contributed by atoms with E-state index in [1.807, 2.05) is 27.7 Å². The smallest absolute Gasteiger partial charge is 0.308 e. The highest BCUT2D eigenvalue weighted by Gasteiger charge is 2.45. The van der Waals surface area contributed by atoms with E-state index in [1.54, 1.807) is 0 Å². The van der Waals surface area contributed by atoms with Gasteiger partial charge in [-0.3, -0.25) is 4.79 Å². The molecule has 0 radical (unpaired) electrons. The molecule has 1 aliphatic rings. The molecule has 0 aliphatic carbocycles. The summed E-state index contributed by atoms with van der Waals surface area (Å²) in [6.45, 7) is 17.3. The standard InChI is InChI=1S/C17H32O4/c1-11(2)13-16(5,6)9-20-15(21-13)17(7,8)10-19-14(18)12(3)4/h11-13,15H,9-10H2,1-8H3/t13-,15-/m1/s1. The van der Waals surface area contributed by atoms with Gasteiger partial charge in [0.15, 0.2) is 6.29 Å². The minimum absolute atomic E-state index is 0.00461. The molecule has 21 heavy (non-hydrogen) atoms. The van der Waals surface area contributed by atoms with Gasteiger partial charge in [0, 0.05) is 10.8 Å². The Morgan fingerprint density at radius 3 is 2.33 bits per heavy atom. The highest BCUT2D eigenvalue weighted by molar-refractivity contribution is 5.71. The Hall–Kier alpha value is -0.610. The molecule has 0 aromatic heterocycles. The van der Waals surface area contributed by atoms with Gasteiger partial charge in [0.05, 0.1) is 18.6 Å². The van der Waals surface area contributed by atoms with Crippen molar-refractivity contribution in [2.24, 2.45) is 22.7 Å². The van der Waals surface area contributed by atoms with Crippen LogP contribution in [0.25, 0.3) is 0 Å². The SMILES string of the molecule is CC(C)C(=O)OCC(C)(C)[C@@H]1OCC(C)(C)[C@@H](C(C)C)O1. The van der Waals surface area contributed by atoms with Gasteiger partial charge < -0.3 is 14.2 Å². The van der Waals surface area contributed by atoms with Crippen LogP contribution in [-0.2, 0) is 19.0 Å². The van der Waals surface area contributed by atoms with E-state index in [0.29, 0.717) is 19.1 Å². The van der Waals surface area contributed by atoms with Gasteiger partial charge in [-0.25, -0.2) is 0 Å². The first-order chi connectivity index (χ1) is 9.47. The predicted octanol–water partition coefficient (Wildman–Crippen LogP) is 3.64. The first-order valence-electron chi connectivity index (χ1n) is 7.91. The van der Waals surface area contributed by atoms with Gasteiger partial charge in [0.2, 0.25) is 0 Å². The summed E-state index contributed by atoms with van der Waals surface area (Å²) in [7, 11) is 0. The summed E-state index contributed by atoms with van der Waals surface area (Å²) in [6.07, 6.45) is -0.214. The molecule has 1 heterocycles. The van der Waals surface area contributed by atoms with E-state index in [1.165, 1.54) is 0 Å². The molecule has 0 bridgehead atoms. The molecule has 0 N–H and O–H groups in total. The average molecular weight is 300 g/mol. The van der Waals surface area contributed by atoms with Crippen LogP contribution >= 0.6 is 0 Å². The number of esters is 1. The number of rotatable bonds is 5. The Labute approximate surface area is 129 Å². The second-order valence-electron chi connectivity index (χ2n) is 8.18. The summed E-state index contributed by atoms with van der Waals surface area (Å²) in [4.78, 5) is 11.6. The van der Waals surface area contributed by atoms with Crippen LogP contribution in [0, 0.1) is 22.7 Å². The van der Waals surface area contributed by atoms with Crippen molar-refractivity contribution in [3.63, 3.8) is 0 Å². The summed E-state index contributed by atoms with van der Waals surface area (Å²) >= 11 is 0. The number of carbonyl (C=O) groups excluding carboxylic acids is 1. The van der Waals surface area contributed by atoms with E-state index in [4.69, 9.17) is 14.2 Å². The topological polar surface area (TPSA) is 44.8 Å². The van der Waals surface area contributed by atoms with Crippen LogP contribution < -0.4 is 0 Å². The third kappa shape index (κ3) is 4.68. The maximum Gasteiger partial charge on any atom is 0.308 e. The third-order valence-corrected chi connectivity index (χ3v) is 3.95. The molecule has 0 spiro atoms. The van der Waals surface area contributed by atoms with Crippen LogP contribution in [-0.4, -0.2) is 31.6 Å². The molecule has 0 saturated carbocycles. The Bertz CT molecular complexity index is 358. The molecule has 4 nitrogen and oxygen atoms in total. The van der Waals surface area contributed by atoms with E-state index in [0.717, 1.165) is 0 Å². The van der Waals surface area contributed by atoms with Crippen LogP contribution in [0.2, 0.25) is 0 Å². The van der Waals surface area contributed by atoms with Crippen LogP contribution in [0.3, 0.4) is 0 Å². The second-order valence-corrected chi connectivity index (χ2v) is 8.18. The first kappa shape index (κ1) is 18.4. The Balaban J connectivity index is 2.69. The van der Waals surface area contributed by atoms with Gasteiger partial charge in [-0.1, -0.05) is 55.4 Å². The zero-order chi connectivity index (χ0) is 16.4. The maximum atomic E-state index is 11.6. The minimum Gasteiger partial charge on any atom is -0.465 e. The molecule has 2 atom stereocenters. The lowest BCUT2D eigenvalue weighted by atomic mass is 9.79. The number of carbonyl (C=O) groups is 1. The molecular formula is C17H32O4. The molecule has 0 amide bonds. The molecule has 1 saturated heterocycles. The van der Waals surface area contributed by atoms with Crippen molar-refractivity contribution >= 4 is 5.97 Å². The summed E-state index contributed by atoms with van der Waals surface area (Å²) in [6, 6.07) is 0. The minimum atomic E-state index is -0.367. The number of hydrogen-bond donors (Lipinski definition) is 0. The van der Waals surface area contributed by atoms with Crippen molar-refractivity contribution in [3.05, 3.63) is 0 Å². The number of hydrogen-bond acceptors (Lipinski definition) is 4. The molecule has 1 aliphatic heterocycles. The fourth-order valence-electron chi connectivity index (χ4n) is 2.69. The molecule has 0 aromatic carbocycles. The summed E-state index contributed by atoms with van der Waals surface area (Å²) in [5, 5.41) is 0. The van der Waals surface area contributed by atoms with E-state index in [-0.39, 0.29) is 35.1 Å². The molecule has 1 fully saturated rings. The zero-order valence-electron chi connectivity index (χ0n) is 14.9. The lowest BCUT2D eigenvalue weighted by molar-refractivity contribution is -0.307. The maximum absolute atomic E-state index is 11.6. The van der Waals surface area contributed by atoms with Gasteiger partial charge >= 0.3 is 5.97 Å². The Kier molecular flexibility index (Phi) is 5.84. The van der Waals surface area contributed by atoms with E-state index in [2.05, 4.69) is 27.7 Å². The monoisotopic (exact) mass is 300 g/mol. The fraction of sp³-hybridized carbons (Fsp3) is 0.941.